The summed E-state index contributed by atoms with van der Waals surface area (Å²) in [7, 11) is 0. The summed E-state index contributed by atoms with van der Waals surface area (Å²) in [6, 6.07) is 0. The Morgan fingerprint density at radius 1 is 0.278 bits per heavy atom. The van der Waals surface area contributed by atoms with Crippen molar-refractivity contribution in [2.45, 2.75) is 156 Å². The van der Waals surface area contributed by atoms with Crippen molar-refractivity contribution in [2.24, 2.45) is 16.6 Å². The Morgan fingerprint density at radius 3 is 0.674 bits per heavy atom. The molecule has 0 spiro atoms. The van der Waals surface area contributed by atoms with Crippen LogP contribution in [0.15, 0.2) is 74.9 Å². The molecule has 0 atom stereocenters. The van der Waals surface area contributed by atoms with Crippen LogP contribution in [0, 0.1) is 10.8 Å². The standard InChI is InChI=1S/C42H39Cl15N2O13.C42H69N11O10.C6H11N3/c1-41(2,3)72-40(64)59-9-8-58-18(60)4-10-65-14-42(15-66-11-5-19(61)69-37-31(52)25(46)22(43)26(47)32(37)53,16-67-12-6-20(62)70-38-33(54)27(48)23(44)28(49)34(38)55)17-68-13-7-21(63)71-39-35(56)29(50)24(45)30(51)36(39)57;1-41(2,3)63-40(58)50-15-14-49-39(57)10-28-62-32-42(29-59-25-7-36(54)46-11-4-19-51-22-16-43-33-51,30-60-26-8-37(55)47-12-5-20-52-23-17-44-34-52)31-61-27-9-38(56)48-13-6-21-53-24-18-45-35-53;7-2-1-4-9-5-3-8-6-9/h4-17H2,1-3H3,(H,58,60)(H,59,64);16-18,22-24,33-35H,4-15,19-21,25-32H2,1-3H3,(H,46,54)(H,47,55)(H,48,56)(H,49,57)(H,50,58);3,5-6H,1-2,4,7H2. The molecule has 0 saturated heterocycles. The molecule has 0 bridgehead atoms. The zero-order valence-corrected chi connectivity index (χ0v) is 91.3. The monoisotopic (exact) mass is 2320 g/mol. The van der Waals surface area contributed by atoms with Crippen LogP contribution in [-0.2, 0) is 112 Å². The lowest BCUT2D eigenvalue weighted by Crippen LogP contribution is -2.43. The van der Waals surface area contributed by atoms with Crippen molar-refractivity contribution in [3.05, 3.63) is 150 Å². The molecule has 0 aliphatic rings. The molecule has 3 aromatic carbocycles. The van der Waals surface area contributed by atoms with E-state index in [1.165, 1.54) is 0 Å². The molecule has 7 aromatic rings. The van der Waals surface area contributed by atoms with Gasteiger partial charge in [-0.2, -0.15) is 0 Å². The van der Waals surface area contributed by atoms with Gasteiger partial charge in [-0.15, -0.1) is 0 Å². The Hall–Kier alpha value is -7.21. The van der Waals surface area contributed by atoms with Crippen molar-refractivity contribution in [2.75, 3.05) is 158 Å². The summed E-state index contributed by atoms with van der Waals surface area (Å²) < 4.78 is 82.3. The van der Waals surface area contributed by atoms with E-state index >= 15 is 0 Å². The van der Waals surface area contributed by atoms with Crippen LogP contribution in [0.2, 0.25) is 75.3 Å². The molecular formula is C90H119Cl15N16O23. The predicted molar refractivity (Wildman–Crippen MR) is 550 cm³/mol. The average molecular weight is 2320 g/mol. The number of aromatic nitrogens is 8. The molecule has 9 N–H and O–H groups in total. The smallest absolute Gasteiger partial charge is 0.407 e. The van der Waals surface area contributed by atoms with Gasteiger partial charge in [-0.3, -0.25) is 38.4 Å². The molecule has 0 radical (unpaired) electrons. The molecule has 0 aliphatic heterocycles. The number of halogens is 15. The quantitative estimate of drug-likeness (QED) is 0.00577. The fourth-order valence-electron chi connectivity index (χ4n) is 11.8. The molecule has 0 aliphatic carbocycles. The number of imidazole rings is 4. The minimum atomic E-state index is -1.33. The number of amides is 7. The van der Waals surface area contributed by atoms with Gasteiger partial charge in [0.05, 0.1) is 206 Å². The van der Waals surface area contributed by atoms with Crippen LogP contribution >= 0.6 is 174 Å². The predicted octanol–water partition coefficient (Wildman–Crippen LogP) is 16.5. The number of hydrogen-bond donors (Lipinski definition) is 8. The van der Waals surface area contributed by atoms with E-state index in [0.29, 0.717) is 19.6 Å². The largest absolute Gasteiger partial charge is 0.444 e. The highest BCUT2D eigenvalue weighted by molar-refractivity contribution is 6.58. The zero-order chi connectivity index (χ0) is 106. The first-order valence-corrected chi connectivity index (χ1v) is 50.7. The number of rotatable bonds is 64. The number of nitrogens with two attached hydrogens (primary N) is 1. The highest BCUT2D eigenvalue weighted by Gasteiger charge is 2.36. The topological polar surface area (TPSA) is 472 Å². The van der Waals surface area contributed by atoms with Gasteiger partial charge in [-0.05, 0) is 73.8 Å². The average Bonchev–Trinajstić information content (AvgIpc) is 0.974. The summed E-state index contributed by atoms with van der Waals surface area (Å²) in [5.74, 6) is -4.83. The maximum atomic E-state index is 13.0. The number of hydrogen-bond acceptors (Lipinski definition) is 28. The molecule has 802 valence electrons. The summed E-state index contributed by atoms with van der Waals surface area (Å²) in [6.45, 7) is 14.8. The molecule has 54 heteroatoms. The van der Waals surface area contributed by atoms with Crippen molar-refractivity contribution in [1.29, 1.82) is 0 Å². The van der Waals surface area contributed by atoms with Crippen molar-refractivity contribution in [3.63, 3.8) is 0 Å². The van der Waals surface area contributed by atoms with E-state index in [2.05, 4.69) is 57.2 Å². The van der Waals surface area contributed by atoms with Crippen LogP contribution in [0.5, 0.6) is 17.2 Å². The fourth-order valence-corrected chi connectivity index (χ4v) is 15.4. The first kappa shape index (κ1) is 127. The van der Waals surface area contributed by atoms with Gasteiger partial charge in [-0.1, -0.05) is 174 Å². The Morgan fingerprint density at radius 2 is 0.472 bits per heavy atom. The number of carbonyl (C=O) groups excluding carboxylic acids is 10. The third-order valence-electron chi connectivity index (χ3n) is 19.0. The summed E-state index contributed by atoms with van der Waals surface area (Å²) in [5, 5.41) is 15.9. The lowest BCUT2D eigenvalue weighted by molar-refractivity contribution is -0.140. The summed E-state index contributed by atoms with van der Waals surface area (Å²) in [6.07, 6.45) is 22.5. The second kappa shape index (κ2) is 69.2. The van der Waals surface area contributed by atoms with Crippen LogP contribution in [0.25, 0.3) is 0 Å². The number of benzene rings is 3. The molecule has 4 heterocycles. The van der Waals surface area contributed by atoms with Crippen LogP contribution in [0.1, 0.15) is 119 Å². The van der Waals surface area contributed by atoms with Gasteiger partial charge < -0.3 is 123 Å². The van der Waals surface area contributed by atoms with E-state index in [1.807, 2.05) is 43.1 Å². The lowest BCUT2D eigenvalue weighted by Gasteiger charge is -2.33. The summed E-state index contributed by atoms with van der Waals surface area (Å²) in [5.41, 5.74) is 1.70. The van der Waals surface area contributed by atoms with Gasteiger partial charge in [0, 0.05) is 154 Å². The second-order valence-corrected chi connectivity index (χ2v) is 39.2. The van der Waals surface area contributed by atoms with Crippen LogP contribution in [-0.4, -0.2) is 267 Å². The number of alkyl carbamates (subject to hydrolysis) is 2. The Labute approximate surface area is 909 Å². The second-order valence-electron chi connectivity index (χ2n) is 33.6. The molecule has 7 rings (SSSR count). The molecule has 0 unspecified atom stereocenters. The van der Waals surface area contributed by atoms with E-state index in [9.17, 15) is 47.9 Å². The third kappa shape index (κ3) is 50.9. The highest BCUT2D eigenvalue weighted by atomic mass is 35.5. The summed E-state index contributed by atoms with van der Waals surface area (Å²) >= 11 is 92.2. The molecule has 0 fully saturated rings. The van der Waals surface area contributed by atoms with Crippen molar-refractivity contribution < 1.29 is 110 Å². The first-order valence-electron chi connectivity index (χ1n) is 45.1. The highest BCUT2D eigenvalue weighted by Crippen LogP contribution is 2.51. The number of nitrogens with zero attached hydrogens (tertiary/aromatic N) is 8. The maximum absolute atomic E-state index is 13.0. The van der Waals surface area contributed by atoms with Crippen molar-refractivity contribution >= 4 is 234 Å². The zero-order valence-electron chi connectivity index (χ0n) is 79.9. The number of esters is 3. The number of carbonyl (C=O) groups is 10. The SMILES string of the molecule is CC(C)(C)OC(=O)NCCNC(=O)CCOCC(COCCC(=O)NCCCn1ccnc1)(COCCC(=O)NCCCn1ccnc1)COCCC(=O)NCCCn1ccnc1.CC(C)(C)OC(=O)NCCNC(=O)CCOCC(COCCC(=O)Oc1c(Cl)c(Cl)c(Cl)c(Cl)c1Cl)(COCCC(=O)Oc1c(Cl)c(Cl)c(Cl)c(Cl)c1Cl)COCCC(=O)Oc1c(Cl)c(Cl)c(Cl)c(Cl)c1Cl.NCCCn1ccnc1. The molecule has 144 heavy (non-hydrogen) atoms. The van der Waals surface area contributed by atoms with Gasteiger partial charge in [0.15, 0.2) is 17.2 Å². The molecule has 7 amide bonds. The van der Waals surface area contributed by atoms with E-state index in [-0.39, 0.29) is 280 Å². The van der Waals surface area contributed by atoms with E-state index in [1.54, 1.807) is 91.6 Å². The normalized spacial score (nSPS) is 11.5. The maximum Gasteiger partial charge on any atom is 0.407 e. The van der Waals surface area contributed by atoms with Gasteiger partial charge in [-0.25, -0.2) is 29.5 Å². The number of aryl methyl sites for hydroxylation is 4. The van der Waals surface area contributed by atoms with Gasteiger partial charge in [0.2, 0.25) is 29.5 Å². The number of ether oxygens (including phenoxy) is 13. The minimum absolute atomic E-state index is 0.0359. The Bertz CT molecular complexity index is 4650. The molecular weight excluding hydrogens is 2200 g/mol. The summed E-state index contributed by atoms with van der Waals surface area (Å²) in [4.78, 5) is 142. The Balaban J connectivity index is 0.000000468. The first-order chi connectivity index (χ1) is 68.5. The minimum Gasteiger partial charge on any atom is -0.444 e. The van der Waals surface area contributed by atoms with E-state index in [4.69, 9.17) is 241 Å². The van der Waals surface area contributed by atoms with Gasteiger partial charge in [0.25, 0.3) is 0 Å². The van der Waals surface area contributed by atoms with Crippen LogP contribution < -0.4 is 57.2 Å². The number of nitrogens with one attached hydrogen (secondary N) is 7. The van der Waals surface area contributed by atoms with Crippen molar-refractivity contribution in [3.8, 4) is 17.2 Å². The molecule has 0 saturated carbocycles. The van der Waals surface area contributed by atoms with Crippen molar-refractivity contribution in [1.82, 2.24) is 75.4 Å². The fraction of sp³-hybridized carbons (Fsp3) is 0.556. The lowest BCUT2D eigenvalue weighted by atomic mass is 9.92. The van der Waals surface area contributed by atoms with E-state index in [0.717, 1.165) is 58.4 Å². The van der Waals surface area contributed by atoms with Crippen LogP contribution in [0.4, 0.5) is 9.59 Å². The van der Waals surface area contributed by atoms with E-state index < -0.39 is 77.3 Å². The van der Waals surface area contributed by atoms with Crippen LogP contribution in [0.3, 0.4) is 0 Å². The molecule has 39 nitrogen and oxygen atoms in total. The molecule has 4 aromatic heterocycles. The van der Waals surface area contributed by atoms with Gasteiger partial charge >= 0.3 is 30.1 Å². The third-order valence-corrected chi connectivity index (χ3v) is 25.7. The van der Waals surface area contributed by atoms with Gasteiger partial charge in [0.1, 0.15) is 41.3 Å². The Kier molecular flexibility index (Phi) is 61.2.